The first-order valence-electron chi connectivity index (χ1n) is 7.79. The molecule has 118 valence electrons. The van der Waals surface area contributed by atoms with E-state index in [9.17, 15) is 0 Å². The maximum atomic E-state index is 3.46. The van der Waals surface area contributed by atoms with Crippen LogP contribution in [0.25, 0.3) is 0 Å². The van der Waals surface area contributed by atoms with E-state index >= 15 is 0 Å². The lowest BCUT2D eigenvalue weighted by molar-refractivity contribution is 0.510. The van der Waals surface area contributed by atoms with Crippen molar-refractivity contribution in [3.8, 4) is 0 Å². The van der Waals surface area contributed by atoms with E-state index < -0.39 is 0 Å². The van der Waals surface area contributed by atoms with Gasteiger partial charge >= 0.3 is 0 Å². The highest BCUT2D eigenvalue weighted by Gasteiger charge is 2.03. The fourth-order valence-corrected chi connectivity index (χ4v) is 2.35. The number of nitrogens with one attached hydrogen (secondary N) is 4. The maximum Gasteiger partial charge on any atom is 0.0385 e. The predicted octanol–water partition coefficient (Wildman–Crippen LogP) is 3.04. The molecule has 0 aliphatic rings. The first kappa shape index (κ1) is 16.3. The summed E-state index contributed by atoms with van der Waals surface area (Å²) in [5, 5.41) is 13.4. The van der Waals surface area contributed by atoms with E-state index in [1.165, 1.54) is 0 Å². The molecule has 1 unspecified atom stereocenters. The Labute approximate surface area is 133 Å². The third-order valence-corrected chi connectivity index (χ3v) is 3.63. The second-order valence-corrected chi connectivity index (χ2v) is 5.33. The lowest BCUT2D eigenvalue weighted by Gasteiger charge is -2.16. The van der Waals surface area contributed by atoms with E-state index in [-0.39, 0.29) is 0 Å². The van der Waals surface area contributed by atoms with E-state index in [2.05, 4.69) is 57.7 Å². The summed E-state index contributed by atoms with van der Waals surface area (Å²) in [5.41, 5.74) is 3.35. The highest BCUT2D eigenvalue weighted by atomic mass is 15.0. The number of anilines is 3. The lowest BCUT2D eigenvalue weighted by atomic mass is 10.2. The van der Waals surface area contributed by atoms with E-state index in [0.29, 0.717) is 6.04 Å². The van der Waals surface area contributed by atoms with Crippen LogP contribution < -0.4 is 21.3 Å². The van der Waals surface area contributed by atoms with E-state index in [1.54, 1.807) is 0 Å². The molecule has 0 saturated heterocycles. The highest BCUT2D eigenvalue weighted by molar-refractivity contribution is 5.62. The first-order chi connectivity index (χ1) is 10.8. The summed E-state index contributed by atoms with van der Waals surface area (Å²) < 4.78 is 0. The van der Waals surface area contributed by atoms with Gasteiger partial charge in [-0.15, -0.1) is 0 Å². The van der Waals surface area contributed by atoms with Crippen LogP contribution in [0.1, 0.15) is 6.42 Å². The molecule has 2 aromatic rings. The highest BCUT2D eigenvalue weighted by Crippen LogP contribution is 2.18. The van der Waals surface area contributed by atoms with Crippen molar-refractivity contribution < 1.29 is 0 Å². The minimum atomic E-state index is 0.497. The van der Waals surface area contributed by atoms with Crippen molar-refractivity contribution in [2.75, 3.05) is 37.8 Å². The smallest absolute Gasteiger partial charge is 0.0385 e. The molecular weight excluding hydrogens is 272 g/mol. The Morgan fingerprint density at radius 2 is 1.45 bits per heavy atom. The summed E-state index contributed by atoms with van der Waals surface area (Å²) in [6.07, 6.45) is 1.08. The summed E-state index contributed by atoms with van der Waals surface area (Å²) in [7, 11) is 3.99. The van der Waals surface area contributed by atoms with E-state index in [0.717, 1.165) is 36.6 Å². The van der Waals surface area contributed by atoms with Gasteiger partial charge in [0.05, 0.1) is 0 Å². The summed E-state index contributed by atoms with van der Waals surface area (Å²) in [5.74, 6) is 0. The topological polar surface area (TPSA) is 48.1 Å². The van der Waals surface area contributed by atoms with Gasteiger partial charge in [-0.05, 0) is 56.9 Å². The third kappa shape index (κ3) is 5.39. The fraction of sp³-hybridized carbons (Fsp3) is 0.333. The minimum Gasteiger partial charge on any atom is -0.385 e. The second-order valence-electron chi connectivity index (χ2n) is 5.33. The molecule has 0 saturated carbocycles. The molecule has 0 aromatic heterocycles. The molecule has 0 fully saturated rings. The van der Waals surface area contributed by atoms with Crippen LogP contribution in [0, 0.1) is 0 Å². The van der Waals surface area contributed by atoms with E-state index in [1.807, 2.05) is 32.3 Å². The molecule has 4 nitrogen and oxygen atoms in total. The Hall–Kier alpha value is -2.04. The van der Waals surface area contributed by atoms with Crippen molar-refractivity contribution in [2.24, 2.45) is 0 Å². The average molecular weight is 298 g/mol. The Kier molecular flexibility index (Phi) is 6.74. The normalized spacial score (nSPS) is 11.9. The minimum absolute atomic E-state index is 0.497. The molecule has 0 aliphatic carbocycles. The van der Waals surface area contributed by atoms with Crippen LogP contribution in [0.5, 0.6) is 0 Å². The Balaban J connectivity index is 1.79. The van der Waals surface area contributed by atoms with Gasteiger partial charge in [-0.1, -0.05) is 18.2 Å². The zero-order chi connectivity index (χ0) is 15.6. The largest absolute Gasteiger partial charge is 0.385 e. The molecule has 0 bridgehead atoms. The second kappa shape index (κ2) is 9.07. The third-order valence-electron chi connectivity index (χ3n) is 3.63. The van der Waals surface area contributed by atoms with Crippen LogP contribution in [-0.2, 0) is 0 Å². The van der Waals surface area contributed by atoms with Crippen molar-refractivity contribution in [1.29, 1.82) is 0 Å². The number of para-hydroxylation sites is 1. The molecule has 0 aliphatic heterocycles. The van der Waals surface area contributed by atoms with Crippen molar-refractivity contribution in [1.82, 2.24) is 10.6 Å². The van der Waals surface area contributed by atoms with Crippen LogP contribution in [0.4, 0.5) is 17.1 Å². The number of hydrogen-bond donors (Lipinski definition) is 4. The number of likely N-dealkylation sites (N-methyl/N-ethyl adjacent to an activating group) is 2. The van der Waals surface area contributed by atoms with Gasteiger partial charge in [-0.25, -0.2) is 0 Å². The first-order valence-corrected chi connectivity index (χ1v) is 7.79. The van der Waals surface area contributed by atoms with Crippen molar-refractivity contribution >= 4 is 17.1 Å². The SMILES string of the molecule is CNCC(CCNc1ccc(Nc2ccccc2)cc1)NC. The average Bonchev–Trinajstić information content (AvgIpc) is 2.56. The molecule has 2 rings (SSSR count). The molecule has 0 heterocycles. The number of rotatable bonds is 9. The van der Waals surface area contributed by atoms with Gasteiger partial charge in [0.25, 0.3) is 0 Å². The standard InChI is InChI=1S/C18H26N4/c1-19-14-18(20-2)12-13-21-15-8-10-17(11-9-15)22-16-6-4-3-5-7-16/h3-11,18-22H,12-14H2,1-2H3. The van der Waals surface area contributed by atoms with E-state index in [4.69, 9.17) is 0 Å². The van der Waals surface area contributed by atoms with Gasteiger partial charge in [0, 0.05) is 36.2 Å². The Bertz CT molecular complexity index is 525. The van der Waals surface area contributed by atoms with Gasteiger partial charge in [-0.2, -0.15) is 0 Å². The lowest BCUT2D eigenvalue weighted by Crippen LogP contribution is -2.36. The molecule has 4 N–H and O–H groups in total. The van der Waals surface area contributed by atoms with Crippen LogP contribution in [0.3, 0.4) is 0 Å². The Morgan fingerprint density at radius 1 is 0.818 bits per heavy atom. The van der Waals surface area contributed by atoms with Gasteiger partial charge in [0.15, 0.2) is 0 Å². The molecule has 1 atom stereocenters. The molecule has 0 amide bonds. The number of benzene rings is 2. The summed E-state index contributed by atoms with van der Waals surface area (Å²) in [6.45, 7) is 1.94. The fourth-order valence-electron chi connectivity index (χ4n) is 2.35. The molecule has 0 radical (unpaired) electrons. The van der Waals surface area contributed by atoms with Crippen molar-refractivity contribution in [3.63, 3.8) is 0 Å². The molecular formula is C18H26N4. The monoisotopic (exact) mass is 298 g/mol. The zero-order valence-corrected chi connectivity index (χ0v) is 13.4. The van der Waals surface area contributed by atoms with Crippen molar-refractivity contribution in [3.05, 3.63) is 54.6 Å². The molecule has 2 aromatic carbocycles. The zero-order valence-electron chi connectivity index (χ0n) is 13.4. The predicted molar refractivity (Wildman–Crippen MR) is 96.0 cm³/mol. The summed E-state index contributed by atoms with van der Waals surface area (Å²) in [4.78, 5) is 0. The number of hydrogen-bond acceptors (Lipinski definition) is 4. The van der Waals surface area contributed by atoms with Gasteiger partial charge < -0.3 is 21.3 Å². The summed E-state index contributed by atoms with van der Waals surface area (Å²) >= 11 is 0. The Morgan fingerprint density at radius 3 is 2.09 bits per heavy atom. The maximum absolute atomic E-state index is 3.46. The van der Waals surface area contributed by atoms with Gasteiger partial charge in [0.1, 0.15) is 0 Å². The summed E-state index contributed by atoms with van der Waals surface area (Å²) in [6, 6.07) is 19.1. The molecule has 4 heteroatoms. The van der Waals surface area contributed by atoms with Crippen LogP contribution in [0.15, 0.2) is 54.6 Å². The van der Waals surface area contributed by atoms with Crippen LogP contribution in [-0.4, -0.2) is 33.2 Å². The van der Waals surface area contributed by atoms with Crippen LogP contribution >= 0.6 is 0 Å². The van der Waals surface area contributed by atoms with Gasteiger partial charge in [0.2, 0.25) is 0 Å². The van der Waals surface area contributed by atoms with Crippen molar-refractivity contribution in [2.45, 2.75) is 12.5 Å². The quantitative estimate of drug-likeness (QED) is 0.575. The molecule has 22 heavy (non-hydrogen) atoms. The molecule has 0 spiro atoms. The van der Waals surface area contributed by atoms with Gasteiger partial charge in [-0.3, -0.25) is 0 Å². The van der Waals surface area contributed by atoms with Crippen LogP contribution in [0.2, 0.25) is 0 Å².